The van der Waals surface area contributed by atoms with Crippen LogP contribution in [0.25, 0.3) is 0 Å². The van der Waals surface area contributed by atoms with Crippen LogP contribution in [0.1, 0.15) is 13.3 Å². The number of benzene rings is 3. The molecule has 0 saturated carbocycles. The molecule has 0 aromatic heterocycles. The van der Waals surface area contributed by atoms with Gasteiger partial charge in [0, 0.05) is 6.42 Å². The molecule has 0 aliphatic rings. The summed E-state index contributed by atoms with van der Waals surface area (Å²) in [6, 6.07) is 33.2. The highest BCUT2D eigenvalue weighted by molar-refractivity contribution is 7.95. The molecule has 130 valence electrons. The molecule has 0 aliphatic carbocycles. The van der Waals surface area contributed by atoms with Crippen LogP contribution in [0.2, 0.25) is 0 Å². The molecule has 0 spiro atoms. The summed E-state index contributed by atoms with van der Waals surface area (Å²) < 4.78 is 0. The molecular weight excluding hydrogens is 331 g/mol. The molecule has 0 atom stereocenters. The van der Waals surface area contributed by atoms with Crippen LogP contribution in [0.5, 0.6) is 0 Å². The quantitative estimate of drug-likeness (QED) is 0.387. The number of rotatable bonds is 7. The SMILES string of the molecule is C/C=C/C=C/CC[P+](c1ccccc1)(c1ccccc1)c1ccccc1. The molecule has 0 N–H and O–H groups in total. The highest BCUT2D eigenvalue weighted by atomic mass is 31.2. The van der Waals surface area contributed by atoms with Gasteiger partial charge in [0.15, 0.2) is 0 Å². The zero-order chi connectivity index (χ0) is 18.1. The minimum atomic E-state index is -1.68. The van der Waals surface area contributed by atoms with E-state index in [1.165, 1.54) is 15.9 Å². The van der Waals surface area contributed by atoms with E-state index < -0.39 is 7.26 Å². The van der Waals surface area contributed by atoms with E-state index in [4.69, 9.17) is 0 Å². The van der Waals surface area contributed by atoms with E-state index in [1.807, 2.05) is 0 Å². The molecule has 0 amide bonds. The molecule has 1 heteroatoms. The van der Waals surface area contributed by atoms with Gasteiger partial charge in [0.1, 0.15) is 23.2 Å². The Kier molecular flexibility index (Phi) is 6.58. The molecule has 3 aromatic rings. The van der Waals surface area contributed by atoms with Crippen molar-refractivity contribution in [2.45, 2.75) is 13.3 Å². The molecule has 0 bridgehead atoms. The highest BCUT2D eigenvalue weighted by Gasteiger charge is 2.44. The van der Waals surface area contributed by atoms with Gasteiger partial charge in [0.05, 0.1) is 6.16 Å². The van der Waals surface area contributed by atoms with Gasteiger partial charge in [-0.25, -0.2) is 0 Å². The average molecular weight is 357 g/mol. The fourth-order valence-corrected chi connectivity index (χ4v) is 7.68. The van der Waals surface area contributed by atoms with Crippen molar-refractivity contribution in [2.75, 3.05) is 6.16 Å². The van der Waals surface area contributed by atoms with E-state index >= 15 is 0 Å². The first-order valence-corrected chi connectivity index (χ1v) is 11.2. The minimum Gasteiger partial charge on any atom is -0.0877 e. The van der Waals surface area contributed by atoms with Crippen molar-refractivity contribution >= 4 is 23.2 Å². The maximum atomic E-state index is 2.31. The lowest BCUT2D eigenvalue weighted by molar-refractivity contribution is 1.23. The van der Waals surface area contributed by atoms with Gasteiger partial charge in [-0.1, -0.05) is 78.9 Å². The van der Waals surface area contributed by atoms with Crippen LogP contribution < -0.4 is 15.9 Å². The summed E-state index contributed by atoms with van der Waals surface area (Å²) in [4.78, 5) is 0. The predicted molar refractivity (Wildman–Crippen MR) is 119 cm³/mol. The van der Waals surface area contributed by atoms with Gasteiger partial charge < -0.3 is 0 Å². The summed E-state index contributed by atoms with van der Waals surface area (Å²) in [6.45, 7) is 2.06. The summed E-state index contributed by atoms with van der Waals surface area (Å²) >= 11 is 0. The van der Waals surface area contributed by atoms with Crippen LogP contribution in [0, 0.1) is 0 Å². The molecule has 0 radical (unpaired) electrons. The van der Waals surface area contributed by atoms with E-state index in [-0.39, 0.29) is 0 Å². The van der Waals surface area contributed by atoms with Crippen molar-refractivity contribution in [2.24, 2.45) is 0 Å². The number of allylic oxidation sites excluding steroid dienone is 4. The molecule has 0 aliphatic heterocycles. The van der Waals surface area contributed by atoms with E-state index in [9.17, 15) is 0 Å². The Balaban J connectivity index is 2.14. The first-order chi connectivity index (χ1) is 12.9. The Morgan fingerprint density at radius 2 is 1.04 bits per heavy atom. The second-order valence-electron chi connectivity index (χ2n) is 6.28. The topological polar surface area (TPSA) is 0 Å². The van der Waals surface area contributed by atoms with Crippen molar-refractivity contribution in [3.8, 4) is 0 Å². The highest BCUT2D eigenvalue weighted by Crippen LogP contribution is 2.55. The maximum absolute atomic E-state index is 2.31. The molecular formula is C25H26P+. The van der Waals surface area contributed by atoms with Gasteiger partial charge >= 0.3 is 0 Å². The summed E-state index contributed by atoms with van der Waals surface area (Å²) in [5, 5.41) is 4.37. The summed E-state index contributed by atoms with van der Waals surface area (Å²) in [5.74, 6) is 0. The first kappa shape index (κ1) is 18.4. The molecule has 0 heterocycles. The van der Waals surface area contributed by atoms with Gasteiger partial charge in [-0.3, -0.25) is 0 Å². The lowest BCUT2D eigenvalue weighted by Crippen LogP contribution is -2.33. The maximum Gasteiger partial charge on any atom is 0.112 e. The van der Waals surface area contributed by atoms with Crippen LogP contribution in [-0.4, -0.2) is 6.16 Å². The van der Waals surface area contributed by atoms with E-state index in [1.54, 1.807) is 0 Å². The van der Waals surface area contributed by atoms with Gasteiger partial charge in [0.2, 0.25) is 0 Å². The Labute approximate surface area is 158 Å². The van der Waals surface area contributed by atoms with Gasteiger partial charge in [-0.2, -0.15) is 0 Å². The van der Waals surface area contributed by atoms with E-state index in [0.29, 0.717) is 0 Å². The van der Waals surface area contributed by atoms with Gasteiger partial charge in [-0.15, -0.1) is 0 Å². The Bertz CT molecular complexity index is 736. The molecule has 0 saturated heterocycles. The summed E-state index contributed by atoms with van der Waals surface area (Å²) in [7, 11) is -1.68. The monoisotopic (exact) mass is 357 g/mol. The Morgan fingerprint density at radius 1 is 0.615 bits per heavy atom. The number of hydrogen-bond acceptors (Lipinski definition) is 0. The van der Waals surface area contributed by atoms with Crippen LogP contribution in [0.15, 0.2) is 115 Å². The van der Waals surface area contributed by atoms with Crippen molar-refractivity contribution < 1.29 is 0 Å². The largest absolute Gasteiger partial charge is 0.112 e. The lowest BCUT2D eigenvalue weighted by Gasteiger charge is -2.27. The zero-order valence-corrected chi connectivity index (χ0v) is 16.2. The lowest BCUT2D eigenvalue weighted by atomic mass is 10.3. The standard InChI is InChI=1S/C25H26P/c1-2-3-4-5-15-22-26(23-16-9-6-10-17-23,24-18-11-7-12-19-24)25-20-13-8-14-21-25/h2-14,16-21H,15,22H2,1H3/q+1/b3-2+,5-4+. The second-order valence-corrected chi connectivity index (χ2v) is 9.90. The number of hydrogen-bond donors (Lipinski definition) is 0. The van der Waals surface area contributed by atoms with Crippen LogP contribution >= 0.6 is 7.26 Å². The molecule has 26 heavy (non-hydrogen) atoms. The molecule has 3 rings (SSSR count). The third-order valence-electron chi connectivity index (χ3n) is 4.66. The second kappa shape index (κ2) is 9.32. The first-order valence-electron chi connectivity index (χ1n) is 9.20. The summed E-state index contributed by atoms with van der Waals surface area (Å²) in [5.41, 5.74) is 0. The molecule has 0 nitrogen and oxygen atoms in total. The van der Waals surface area contributed by atoms with Crippen LogP contribution in [0.3, 0.4) is 0 Å². The van der Waals surface area contributed by atoms with E-state index in [0.717, 1.165) is 12.6 Å². The summed E-state index contributed by atoms with van der Waals surface area (Å²) in [6.07, 6.45) is 10.8. The van der Waals surface area contributed by atoms with E-state index in [2.05, 4.69) is 122 Å². The zero-order valence-electron chi connectivity index (χ0n) is 15.3. The van der Waals surface area contributed by atoms with Crippen LogP contribution in [0.4, 0.5) is 0 Å². The fraction of sp³-hybridized carbons (Fsp3) is 0.120. The molecule has 0 fully saturated rings. The van der Waals surface area contributed by atoms with Crippen molar-refractivity contribution in [1.29, 1.82) is 0 Å². The Morgan fingerprint density at radius 3 is 1.42 bits per heavy atom. The van der Waals surface area contributed by atoms with Crippen molar-refractivity contribution in [1.82, 2.24) is 0 Å². The Hall–Kier alpha value is -2.43. The molecule has 3 aromatic carbocycles. The predicted octanol–water partition coefficient (Wildman–Crippen LogP) is 5.50. The third-order valence-corrected chi connectivity index (χ3v) is 9.13. The van der Waals surface area contributed by atoms with Crippen LogP contribution in [-0.2, 0) is 0 Å². The molecule has 0 unspecified atom stereocenters. The third kappa shape index (κ3) is 4.03. The van der Waals surface area contributed by atoms with Gasteiger partial charge in [0.25, 0.3) is 0 Å². The fourth-order valence-electron chi connectivity index (χ4n) is 3.44. The normalized spacial score (nSPS) is 12.0. The van der Waals surface area contributed by atoms with Crippen molar-refractivity contribution in [3.05, 3.63) is 115 Å². The average Bonchev–Trinajstić information content (AvgIpc) is 2.73. The van der Waals surface area contributed by atoms with Crippen molar-refractivity contribution in [3.63, 3.8) is 0 Å². The van der Waals surface area contributed by atoms with Gasteiger partial charge in [-0.05, 0) is 43.3 Å². The smallest absolute Gasteiger partial charge is 0.0877 e. The minimum absolute atomic E-state index is 1.07.